The van der Waals surface area contributed by atoms with Crippen molar-refractivity contribution in [2.45, 2.75) is 19.8 Å². The first-order chi connectivity index (χ1) is 8.08. The van der Waals surface area contributed by atoms with Gasteiger partial charge in [0.1, 0.15) is 0 Å². The van der Waals surface area contributed by atoms with Crippen molar-refractivity contribution in [1.82, 2.24) is 0 Å². The molecule has 1 aromatic carbocycles. The fourth-order valence-corrected chi connectivity index (χ4v) is 2.28. The van der Waals surface area contributed by atoms with Crippen LogP contribution in [0.15, 0.2) is 18.2 Å². The second kappa shape index (κ2) is 4.65. The van der Waals surface area contributed by atoms with Gasteiger partial charge in [-0.2, -0.15) is 0 Å². The van der Waals surface area contributed by atoms with E-state index in [4.69, 9.17) is 11.5 Å². The monoisotopic (exact) mass is 233 g/mol. The lowest BCUT2D eigenvalue weighted by molar-refractivity contribution is 0.100. The second-order valence-electron chi connectivity index (χ2n) is 4.81. The average molecular weight is 233 g/mol. The van der Waals surface area contributed by atoms with Gasteiger partial charge < -0.3 is 16.4 Å². The highest BCUT2D eigenvalue weighted by Gasteiger charge is 2.20. The molecule has 4 nitrogen and oxygen atoms in total. The van der Waals surface area contributed by atoms with Gasteiger partial charge >= 0.3 is 0 Å². The summed E-state index contributed by atoms with van der Waals surface area (Å²) in [4.78, 5) is 13.6. The van der Waals surface area contributed by atoms with E-state index in [-0.39, 0.29) is 0 Å². The maximum absolute atomic E-state index is 11.4. The van der Waals surface area contributed by atoms with Gasteiger partial charge in [0.15, 0.2) is 0 Å². The summed E-state index contributed by atoms with van der Waals surface area (Å²) < 4.78 is 0. The number of hydrogen-bond donors (Lipinski definition) is 2. The minimum atomic E-state index is -0.411. The molecule has 4 heteroatoms. The molecule has 1 aromatic rings. The lowest BCUT2D eigenvalue weighted by atomic mass is 9.98. The summed E-state index contributed by atoms with van der Waals surface area (Å²) >= 11 is 0. The molecule has 2 rings (SSSR count). The van der Waals surface area contributed by atoms with Crippen molar-refractivity contribution in [3.05, 3.63) is 23.8 Å². The van der Waals surface area contributed by atoms with Crippen LogP contribution in [0.5, 0.6) is 0 Å². The second-order valence-corrected chi connectivity index (χ2v) is 4.81. The van der Waals surface area contributed by atoms with E-state index in [0.717, 1.165) is 37.5 Å². The minimum Gasteiger partial charge on any atom is -0.399 e. The molecule has 4 N–H and O–H groups in total. The predicted molar refractivity (Wildman–Crippen MR) is 70.0 cm³/mol. The van der Waals surface area contributed by atoms with Gasteiger partial charge in [-0.05, 0) is 37.0 Å². The van der Waals surface area contributed by atoms with Crippen molar-refractivity contribution >= 4 is 17.3 Å². The van der Waals surface area contributed by atoms with E-state index in [0.29, 0.717) is 11.3 Å². The number of benzene rings is 1. The van der Waals surface area contributed by atoms with Crippen LogP contribution in [-0.2, 0) is 0 Å². The van der Waals surface area contributed by atoms with Gasteiger partial charge in [0.05, 0.1) is 5.56 Å². The average Bonchev–Trinajstić information content (AvgIpc) is 2.30. The van der Waals surface area contributed by atoms with Gasteiger partial charge in [-0.3, -0.25) is 4.79 Å². The molecule has 17 heavy (non-hydrogen) atoms. The zero-order chi connectivity index (χ0) is 12.4. The molecule has 1 aliphatic rings. The molecule has 1 amide bonds. The molecule has 0 radical (unpaired) electrons. The summed E-state index contributed by atoms with van der Waals surface area (Å²) in [6, 6.07) is 5.38. The third kappa shape index (κ3) is 2.52. The number of carbonyl (C=O) groups is 1. The smallest absolute Gasteiger partial charge is 0.250 e. The van der Waals surface area contributed by atoms with Crippen LogP contribution < -0.4 is 16.4 Å². The lowest BCUT2D eigenvalue weighted by Crippen LogP contribution is -2.34. The topological polar surface area (TPSA) is 72.3 Å². The van der Waals surface area contributed by atoms with Crippen LogP contribution in [0.1, 0.15) is 30.1 Å². The Morgan fingerprint density at radius 1 is 1.35 bits per heavy atom. The summed E-state index contributed by atoms with van der Waals surface area (Å²) in [6.07, 6.45) is 2.31. The Kier molecular flexibility index (Phi) is 3.22. The molecule has 0 saturated carbocycles. The number of piperidine rings is 1. The van der Waals surface area contributed by atoms with Crippen LogP contribution in [-0.4, -0.2) is 19.0 Å². The highest BCUT2D eigenvalue weighted by Crippen LogP contribution is 2.27. The molecule has 1 saturated heterocycles. The Morgan fingerprint density at radius 2 is 2.00 bits per heavy atom. The first-order valence-corrected chi connectivity index (χ1v) is 6.02. The fourth-order valence-electron chi connectivity index (χ4n) is 2.28. The Bertz CT molecular complexity index is 423. The zero-order valence-corrected chi connectivity index (χ0v) is 10.1. The molecule has 92 valence electrons. The summed E-state index contributed by atoms with van der Waals surface area (Å²) in [5, 5.41) is 0. The highest BCUT2D eigenvalue weighted by molar-refractivity contribution is 5.99. The maximum Gasteiger partial charge on any atom is 0.250 e. The standard InChI is InChI=1S/C13H19N3O/c1-9-4-6-16(7-5-9)12-3-2-10(14)8-11(12)13(15)17/h2-3,8-9H,4-7,14H2,1H3,(H2,15,17). The van der Waals surface area contributed by atoms with E-state index < -0.39 is 5.91 Å². The van der Waals surface area contributed by atoms with Gasteiger partial charge in [0.2, 0.25) is 0 Å². The van der Waals surface area contributed by atoms with Gasteiger partial charge in [-0.1, -0.05) is 6.92 Å². The molecule has 0 atom stereocenters. The van der Waals surface area contributed by atoms with E-state index in [9.17, 15) is 4.79 Å². The minimum absolute atomic E-state index is 0.411. The first kappa shape index (κ1) is 11.8. The molecule has 1 fully saturated rings. The zero-order valence-electron chi connectivity index (χ0n) is 10.1. The van der Waals surface area contributed by atoms with E-state index in [1.165, 1.54) is 0 Å². The molecular weight excluding hydrogens is 214 g/mol. The Hall–Kier alpha value is -1.71. The molecule has 0 bridgehead atoms. The maximum atomic E-state index is 11.4. The van der Waals surface area contributed by atoms with Crippen molar-refractivity contribution in [1.29, 1.82) is 0 Å². The van der Waals surface area contributed by atoms with E-state index in [1.54, 1.807) is 6.07 Å². The fraction of sp³-hybridized carbons (Fsp3) is 0.462. The van der Waals surface area contributed by atoms with Crippen molar-refractivity contribution in [3.63, 3.8) is 0 Å². The quantitative estimate of drug-likeness (QED) is 0.762. The summed E-state index contributed by atoms with van der Waals surface area (Å²) in [5.41, 5.74) is 13.1. The molecular formula is C13H19N3O. The summed E-state index contributed by atoms with van der Waals surface area (Å²) in [5.74, 6) is 0.350. The number of hydrogen-bond acceptors (Lipinski definition) is 3. The number of nitrogens with two attached hydrogens (primary N) is 2. The number of primary amides is 1. The SMILES string of the molecule is CC1CCN(c2ccc(N)cc2C(N)=O)CC1. The number of rotatable bonds is 2. The number of carbonyl (C=O) groups excluding carboxylic acids is 1. The van der Waals surface area contributed by atoms with Crippen LogP contribution in [0, 0.1) is 5.92 Å². The third-order valence-corrected chi connectivity index (χ3v) is 3.41. The van der Waals surface area contributed by atoms with Gasteiger partial charge in [0, 0.05) is 24.5 Å². The number of nitrogens with zero attached hydrogens (tertiary/aromatic N) is 1. The van der Waals surface area contributed by atoms with E-state index >= 15 is 0 Å². The molecule has 0 spiro atoms. The van der Waals surface area contributed by atoms with Gasteiger partial charge in [-0.15, -0.1) is 0 Å². The lowest BCUT2D eigenvalue weighted by Gasteiger charge is -2.33. The van der Waals surface area contributed by atoms with E-state index in [2.05, 4.69) is 11.8 Å². The number of amides is 1. The Morgan fingerprint density at radius 3 is 2.59 bits per heavy atom. The molecule has 1 aliphatic heterocycles. The first-order valence-electron chi connectivity index (χ1n) is 6.02. The van der Waals surface area contributed by atoms with Crippen molar-refractivity contribution < 1.29 is 4.79 Å². The molecule has 1 heterocycles. The van der Waals surface area contributed by atoms with Crippen molar-refractivity contribution in [3.8, 4) is 0 Å². The highest BCUT2D eigenvalue weighted by atomic mass is 16.1. The Labute approximate surface area is 102 Å². The predicted octanol–water partition coefficient (Wildman–Crippen LogP) is 1.60. The van der Waals surface area contributed by atoms with E-state index in [1.807, 2.05) is 12.1 Å². The summed E-state index contributed by atoms with van der Waals surface area (Å²) in [6.45, 7) is 4.21. The van der Waals surface area contributed by atoms with Crippen LogP contribution in [0.4, 0.5) is 11.4 Å². The largest absolute Gasteiger partial charge is 0.399 e. The third-order valence-electron chi connectivity index (χ3n) is 3.41. The van der Waals surface area contributed by atoms with Crippen LogP contribution in [0.25, 0.3) is 0 Å². The van der Waals surface area contributed by atoms with Gasteiger partial charge in [-0.25, -0.2) is 0 Å². The number of anilines is 2. The molecule has 0 aromatic heterocycles. The summed E-state index contributed by atoms with van der Waals surface area (Å²) in [7, 11) is 0. The van der Waals surface area contributed by atoms with Crippen molar-refractivity contribution in [2.75, 3.05) is 23.7 Å². The molecule has 0 aliphatic carbocycles. The Balaban J connectivity index is 2.28. The molecule has 0 unspecified atom stereocenters. The number of nitrogen functional groups attached to an aromatic ring is 1. The van der Waals surface area contributed by atoms with Crippen LogP contribution in [0.3, 0.4) is 0 Å². The van der Waals surface area contributed by atoms with Crippen LogP contribution >= 0.6 is 0 Å². The van der Waals surface area contributed by atoms with Crippen LogP contribution in [0.2, 0.25) is 0 Å². The normalized spacial score (nSPS) is 17.1. The van der Waals surface area contributed by atoms with Gasteiger partial charge in [0.25, 0.3) is 5.91 Å². The van der Waals surface area contributed by atoms with Crippen molar-refractivity contribution in [2.24, 2.45) is 11.7 Å².